The Kier molecular flexibility index (Phi) is 4.79. The van der Waals surface area contributed by atoms with Crippen molar-refractivity contribution in [2.24, 2.45) is 0 Å². The van der Waals surface area contributed by atoms with Crippen LogP contribution in [0.5, 0.6) is 0 Å². The molecule has 0 bridgehead atoms. The second-order valence-electron chi connectivity index (χ2n) is 5.72. The molecule has 0 aliphatic rings. The molecule has 0 N–H and O–H groups in total. The molecule has 1 unspecified atom stereocenters. The van der Waals surface area contributed by atoms with E-state index in [2.05, 4.69) is 11.7 Å². The number of aromatic nitrogens is 2. The smallest absolute Gasteiger partial charge is 0.204 e. The number of hydrogen-bond donors (Lipinski definition) is 0. The summed E-state index contributed by atoms with van der Waals surface area (Å²) < 4.78 is 26.9. The van der Waals surface area contributed by atoms with Crippen LogP contribution in [-0.4, -0.2) is 17.6 Å². The summed E-state index contributed by atoms with van der Waals surface area (Å²) in [5, 5.41) is 3.80. The molecule has 3 aromatic rings. The van der Waals surface area contributed by atoms with Crippen LogP contribution in [0.1, 0.15) is 16.4 Å². The first-order valence-corrected chi connectivity index (χ1v) is 9.54. The molecule has 4 nitrogen and oxygen atoms in total. The van der Waals surface area contributed by atoms with Crippen molar-refractivity contribution in [2.45, 2.75) is 12.2 Å². The maximum atomic E-state index is 13.0. The summed E-state index contributed by atoms with van der Waals surface area (Å²) in [5.74, 6) is 0. The summed E-state index contributed by atoms with van der Waals surface area (Å²) in [6.07, 6.45) is 4.45. The highest BCUT2D eigenvalue weighted by atomic mass is 35.5. The molecule has 0 aliphatic heterocycles. The Morgan fingerprint density at radius 2 is 1.72 bits per heavy atom. The van der Waals surface area contributed by atoms with Crippen molar-refractivity contribution < 1.29 is 8.42 Å². The Bertz CT molecular complexity index is 991. The van der Waals surface area contributed by atoms with Crippen molar-refractivity contribution in [1.29, 1.82) is 0 Å². The third kappa shape index (κ3) is 3.52. The molecule has 0 saturated heterocycles. The number of rotatable bonds is 5. The summed E-state index contributed by atoms with van der Waals surface area (Å²) in [4.78, 5) is 0. The lowest BCUT2D eigenvalue weighted by Crippen LogP contribution is -2.20. The van der Waals surface area contributed by atoms with Crippen molar-refractivity contribution in [3.8, 4) is 11.1 Å². The SMILES string of the molecule is C=CC(c1ccc(C)cc1)S(=O)(=O)n1cc(-c2ccc(Cl)cc2)cn1. The Labute approximate surface area is 152 Å². The normalized spacial score (nSPS) is 12.7. The average Bonchev–Trinajstić information content (AvgIpc) is 3.09. The van der Waals surface area contributed by atoms with E-state index >= 15 is 0 Å². The number of halogens is 1. The average molecular weight is 373 g/mol. The zero-order valence-corrected chi connectivity index (χ0v) is 15.2. The van der Waals surface area contributed by atoms with Gasteiger partial charge in [-0.25, -0.2) is 8.42 Å². The Hall–Kier alpha value is -2.37. The van der Waals surface area contributed by atoms with Crippen LogP contribution in [0.4, 0.5) is 0 Å². The van der Waals surface area contributed by atoms with Gasteiger partial charge in [-0.15, -0.1) is 6.58 Å². The van der Waals surface area contributed by atoms with Crippen LogP contribution in [0.25, 0.3) is 11.1 Å². The molecule has 1 atom stereocenters. The van der Waals surface area contributed by atoms with Gasteiger partial charge in [-0.3, -0.25) is 0 Å². The number of hydrogen-bond acceptors (Lipinski definition) is 3. The van der Waals surface area contributed by atoms with E-state index in [1.54, 1.807) is 24.3 Å². The summed E-state index contributed by atoms with van der Waals surface area (Å²) in [6, 6.07) is 14.5. The van der Waals surface area contributed by atoms with E-state index in [1.165, 1.54) is 18.5 Å². The predicted octanol–water partition coefficient (Wildman–Crippen LogP) is 4.62. The second-order valence-corrected chi connectivity index (χ2v) is 8.07. The Morgan fingerprint density at radius 1 is 1.08 bits per heavy atom. The van der Waals surface area contributed by atoms with Gasteiger partial charge < -0.3 is 0 Å². The molecular weight excluding hydrogens is 356 g/mol. The molecule has 0 fully saturated rings. The molecule has 0 saturated carbocycles. The summed E-state index contributed by atoms with van der Waals surface area (Å²) in [6.45, 7) is 5.64. The van der Waals surface area contributed by atoms with E-state index in [9.17, 15) is 8.42 Å². The molecule has 6 heteroatoms. The zero-order chi connectivity index (χ0) is 18.0. The number of benzene rings is 2. The predicted molar refractivity (Wildman–Crippen MR) is 101 cm³/mol. The minimum absolute atomic E-state index is 0.620. The standard InChI is InChI=1S/C19H17ClN2O2S/c1-3-19(16-6-4-14(2)5-7-16)25(23,24)22-13-17(12-21-22)15-8-10-18(20)11-9-15/h3-13,19H,1H2,2H3. The minimum Gasteiger partial charge on any atom is -0.204 e. The van der Waals surface area contributed by atoms with Gasteiger partial charge in [0.2, 0.25) is 0 Å². The summed E-state index contributed by atoms with van der Waals surface area (Å²) in [5.41, 5.74) is 3.26. The van der Waals surface area contributed by atoms with Gasteiger partial charge in [0.25, 0.3) is 10.0 Å². The molecule has 1 aromatic heterocycles. The van der Waals surface area contributed by atoms with Crippen LogP contribution in [0.2, 0.25) is 5.02 Å². The van der Waals surface area contributed by atoms with Crippen molar-refractivity contribution in [1.82, 2.24) is 9.19 Å². The first kappa shape index (κ1) is 17.5. The quantitative estimate of drug-likeness (QED) is 0.614. The lowest BCUT2D eigenvalue weighted by atomic mass is 10.1. The molecule has 1 heterocycles. The molecule has 0 spiro atoms. The third-order valence-electron chi connectivity index (χ3n) is 3.94. The van der Waals surface area contributed by atoms with Gasteiger partial charge in [-0.1, -0.05) is 59.6 Å². The van der Waals surface area contributed by atoms with Crippen LogP contribution in [0.15, 0.2) is 73.6 Å². The van der Waals surface area contributed by atoms with Crippen molar-refractivity contribution >= 4 is 21.6 Å². The van der Waals surface area contributed by atoms with Gasteiger partial charge in [-0.05, 0) is 30.2 Å². The summed E-state index contributed by atoms with van der Waals surface area (Å²) >= 11 is 5.89. The van der Waals surface area contributed by atoms with E-state index in [1.807, 2.05) is 31.2 Å². The van der Waals surface area contributed by atoms with E-state index < -0.39 is 15.3 Å². The molecule has 25 heavy (non-hydrogen) atoms. The maximum Gasteiger partial charge on any atom is 0.264 e. The van der Waals surface area contributed by atoms with Gasteiger partial charge in [0.15, 0.2) is 0 Å². The van der Waals surface area contributed by atoms with Crippen molar-refractivity contribution in [3.05, 3.63) is 89.7 Å². The largest absolute Gasteiger partial charge is 0.264 e. The second kappa shape index (κ2) is 6.86. The minimum atomic E-state index is -3.75. The molecule has 2 aromatic carbocycles. The fourth-order valence-electron chi connectivity index (χ4n) is 2.54. The van der Waals surface area contributed by atoms with E-state index in [-0.39, 0.29) is 0 Å². The van der Waals surface area contributed by atoms with Crippen LogP contribution in [0, 0.1) is 6.92 Å². The molecule has 0 radical (unpaired) electrons. The van der Waals surface area contributed by atoms with E-state index in [0.29, 0.717) is 16.1 Å². The van der Waals surface area contributed by atoms with Crippen molar-refractivity contribution in [2.75, 3.05) is 0 Å². The molecule has 3 rings (SSSR count). The maximum absolute atomic E-state index is 13.0. The molecule has 0 amide bonds. The van der Waals surface area contributed by atoms with Crippen LogP contribution < -0.4 is 0 Å². The van der Waals surface area contributed by atoms with Gasteiger partial charge in [0, 0.05) is 10.6 Å². The van der Waals surface area contributed by atoms with Gasteiger partial charge in [0.05, 0.1) is 12.4 Å². The van der Waals surface area contributed by atoms with Crippen LogP contribution in [-0.2, 0) is 10.0 Å². The van der Waals surface area contributed by atoms with Gasteiger partial charge in [-0.2, -0.15) is 9.19 Å². The van der Waals surface area contributed by atoms with Gasteiger partial charge >= 0.3 is 0 Å². The first-order chi connectivity index (χ1) is 11.9. The Balaban J connectivity index is 1.98. The molecule has 128 valence electrons. The fraction of sp³-hybridized carbons (Fsp3) is 0.105. The lowest BCUT2D eigenvalue weighted by Gasteiger charge is -2.14. The number of nitrogens with zero attached hydrogens (tertiary/aromatic N) is 2. The number of aryl methyl sites for hydroxylation is 1. The van der Waals surface area contributed by atoms with Crippen molar-refractivity contribution in [3.63, 3.8) is 0 Å². The molecule has 0 aliphatic carbocycles. The van der Waals surface area contributed by atoms with Crippen LogP contribution in [0.3, 0.4) is 0 Å². The zero-order valence-electron chi connectivity index (χ0n) is 13.6. The highest BCUT2D eigenvalue weighted by molar-refractivity contribution is 7.90. The first-order valence-electron chi connectivity index (χ1n) is 7.66. The lowest BCUT2D eigenvalue weighted by molar-refractivity contribution is 0.574. The van der Waals surface area contributed by atoms with Crippen LogP contribution >= 0.6 is 11.6 Å². The highest BCUT2D eigenvalue weighted by Gasteiger charge is 2.27. The van der Waals surface area contributed by atoms with Gasteiger partial charge in [0.1, 0.15) is 5.25 Å². The van der Waals surface area contributed by atoms with E-state index in [0.717, 1.165) is 15.2 Å². The summed E-state index contributed by atoms with van der Waals surface area (Å²) in [7, 11) is -3.75. The monoisotopic (exact) mass is 372 g/mol. The third-order valence-corrected chi connectivity index (χ3v) is 6.02. The fourth-order valence-corrected chi connectivity index (χ4v) is 4.08. The van der Waals surface area contributed by atoms with E-state index in [4.69, 9.17) is 11.6 Å². The highest BCUT2D eigenvalue weighted by Crippen LogP contribution is 2.27. The Morgan fingerprint density at radius 3 is 2.32 bits per heavy atom. The molecular formula is C19H17ClN2O2S. The topological polar surface area (TPSA) is 52.0 Å².